The van der Waals surface area contributed by atoms with Gasteiger partial charge in [-0.05, 0) is 49.2 Å². The molecule has 0 unspecified atom stereocenters. The van der Waals surface area contributed by atoms with Gasteiger partial charge in [0.2, 0.25) is 0 Å². The molecule has 2 heterocycles. The first-order valence-electron chi connectivity index (χ1n) is 9.20. The second-order valence-corrected chi connectivity index (χ2v) is 6.70. The van der Waals surface area contributed by atoms with Gasteiger partial charge in [-0.2, -0.15) is 0 Å². The van der Waals surface area contributed by atoms with Gasteiger partial charge >= 0.3 is 6.03 Å². The van der Waals surface area contributed by atoms with Crippen LogP contribution in [0.2, 0.25) is 0 Å². The van der Waals surface area contributed by atoms with Crippen LogP contribution in [-0.2, 0) is 0 Å². The minimum atomic E-state index is -0.464. The number of ether oxygens (including phenoxy) is 1. The van der Waals surface area contributed by atoms with Crippen LogP contribution < -0.4 is 20.3 Å². The number of carbonyl (C=O) groups is 1. The van der Waals surface area contributed by atoms with Gasteiger partial charge in [-0.1, -0.05) is 6.07 Å². The van der Waals surface area contributed by atoms with E-state index in [0.717, 1.165) is 31.7 Å². The van der Waals surface area contributed by atoms with Gasteiger partial charge in [0.05, 0.1) is 7.11 Å². The zero-order valence-corrected chi connectivity index (χ0v) is 15.5. The average Bonchev–Trinajstić information content (AvgIpc) is 3.22. The van der Waals surface area contributed by atoms with Crippen LogP contribution in [0.3, 0.4) is 0 Å². The molecule has 0 aliphatic carbocycles. The van der Waals surface area contributed by atoms with E-state index in [0.29, 0.717) is 28.0 Å². The molecule has 1 aliphatic heterocycles. The number of methoxy groups -OCH3 is 1. The summed E-state index contributed by atoms with van der Waals surface area (Å²) >= 11 is 0. The topological polar surface area (TPSA) is 66.5 Å². The number of anilines is 3. The van der Waals surface area contributed by atoms with Gasteiger partial charge in [0, 0.05) is 35.9 Å². The van der Waals surface area contributed by atoms with Gasteiger partial charge in [-0.3, -0.25) is 0 Å². The molecule has 0 spiro atoms. The van der Waals surface area contributed by atoms with Crippen LogP contribution >= 0.6 is 0 Å². The number of hydrogen-bond donors (Lipinski definition) is 2. The molecule has 1 aromatic heterocycles. The number of nitrogens with one attached hydrogen (secondary N) is 2. The second kappa shape index (κ2) is 7.72. The lowest BCUT2D eigenvalue weighted by Gasteiger charge is -2.17. The third-order valence-corrected chi connectivity index (χ3v) is 4.75. The van der Waals surface area contributed by atoms with Gasteiger partial charge in [-0.15, -0.1) is 0 Å². The number of nitrogens with zero attached hydrogens (tertiary/aromatic N) is 2. The molecule has 1 saturated heterocycles. The summed E-state index contributed by atoms with van der Waals surface area (Å²) < 4.78 is 19.8. The third kappa shape index (κ3) is 3.83. The van der Waals surface area contributed by atoms with Crippen LogP contribution in [0.25, 0.3) is 10.9 Å². The summed E-state index contributed by atoms with van der Waals surface area (Å²) in [6.07, 6.45) is 2.26. The van der Waals surface area contributed by atoms with Crippen molar-refractivity contribution in [1.29, 1.82) is 0 Å². The van der Waals surface area contributed by atoms with Gasteiger partial charge in [0.1, 0.15) is 17.1 Å². The van der Waals surface area contributed by atoms with Crippen LogP contribution in [0.1, 0.15) is 12.8 Å². The maximum absolute atomic E-state index is 14.6. The Kier molecular flexibility index (Phi) is 4.97. The monoisotopic (exact) mass is 380 g/mol. The minimum Gasteiger partial charge on any atom is -0.497 e. The number of rotatable bonds is 4. The Morgan fingerprint density at radius 2 is 1.86 bits per heavy atom. The molecular weight excluding hydrogens is 359 g/mol. The quantitative estimate of drug-likeness (QED) is 0.693. The minimum absolute atomic E-state index is 0.308. The number of benzene rings is 2. The first-order chi connectivity index (χ1) is 13.6. The van der Waals surface area contributed by atoms with Crippen molar-refractivity contribution in [3.05, 3.63) is 54.3 Å². The van der Waals surface area contributed by atoms with E-state index in [-0.39, 0.29) is 0 Å². The predicted octanol–water partition coefficient (Wildman–Crippen LogP) is 4.63. The van der Waals surface area contributed by atoms with Crippen molar-refractivity contribution in [3.8, 4) is 5.75 Å². The maximum atomic E-state index is 14.6. The number of amides is 2. The highest BCUT2D eigenvalue weighted by Gasteiger charge is 2.15. The molecule has 3 aromatic rings. The molecule has 1 fully saturated rings. The van der Waals surface area contributed by atoms with Crippen LogP contribution in [0.5, 0.6) is 5.75 Å². The number of pyridine rings is 1. The number of fused-ring (bicyclic) bond motifs is 1. The molecule has 1 aliphatic rings. The fraction of sp³-hybridized carbons (Fsp3) is 0.238. The van der Waals surface area contributed by atoms with Crippen molar-refractivity contribution in [3.63, 3.8) is 0 Å². The van der Waals surface area contributed by atoms with Gasteiger partial charge in [0.25, 0.3) is 0 Å². The second-order valence-electron chi connectivity index (χ2n) is 6.70. The standard InChI is InChI=1S/C21H21FN4O2/c1-28-17-6-4-5-15(12-17)23-21(27)24-16-11-14-7-8-19(26-9-2-3-10-26)25-20(14)18(22)13-16/h4-8,11-13H,2-3,9-10H2,1H3,(H2,23,24,27). The molecule has 6 nitrogen and oxygen atoms in total. The first-order valence-corrected chi connectivity index (χ1v) is 9.20. The Morgan fingerprint density at radius 1 is 1.07 bits per heavy atom. The van der Waals surface area contributed by atoms with Crippen molar-refractivity contribution in [2.45, 2.75) is 12.8 Å². The highest BCUT2D eigenvalue weighted by Crippen LogP contribution is 2.26. The summed E-state index contributed by atoms with van der Waals surface area (Å²) in [4.78, 5) is 18.9. The molecular formula is C21H21FN4O2. The number of halogens is 1. The Hall–Kier alpha value is -3.35. The molecule has 4 rings (SSSR count). The van der Waals surface area contributed by atoms with E-state index >= 15 is 0 Å². The highest BCUT2D eigenvalue weighted by molar-refractivity contribution is 6.01. The van der Waals surface area contributed by atoms with Crippen LogP contribution in [0.15, 0.2) is 48.5 Å². The largest absolute Gasteiger partial charge is 0.497 e. The fourth-order valence-electron chi connectivity index (χ4n) is 3.37. The van der Waals surface area contributed by atoms with Crippen molar-refractivity contribution in [1.82, 2.24) is 4.98 Å². The Balaban J connectivity index is 1.52. The van der Waals surface area contributed by atoms with E-state index in [1.165, 1.54) is 6.07 Å². The van der Waals surface area contributed by atoms with Crippen LogP contribution in [0, 0.1) is 5.82 Å². The van der Waals surface area contributed by atoms with E-state index < -0.39 is 11.8 Å². The highest BCUT2D eigenvalue weighted by atomic mass is 19.1. The van der Waals surface area contributed by atoms with Crippen molar-refractivity contribution < 1.29 is 13.9 Å². The Morgan fingerprint density at radius 3 is 2.64 bits per heavy atom. The van der Waals surface area contributed by atoms with E-state index in [9.17, 15) is 9.18 Å². The average molecular weight is 380 g/mol. The predicted molar refractivity (Wildman–Crippen MR) is 109 cm³/mol. The van der Waals surface area contributed by atoms with Crippen LogP contribution in [0.4, 0.5) is 26.4 Å². The number of aromatic nitrogens is 1. The smallest absolute Gasteiger partial charge is 0.323 e. The van der Waals surface area contributed by atoms with E-state index in [4.69, 9.17) is 4.74 Å². The maximum Gasteiger partial charge on any atom is 0.323 e. The van der Waals surface area contributed by atoms with Gasteiger partial charge in [-0.25, -0.2) is 14.2 Å². The lowest BCUT2D eigenvalue weighted by atomic mass is 10.2. The molecule has 2 aromatic carbocycles. The Labute approximate surface area is 162 Å². The number of urea groups is 1. The summed E-state index contributed by atoms with van der Waals surface area (Å²) in [5.74, 6) is 0.963. The van der Waals surface area contributed by atoms with E-state index in [1.807, 2.05) is 12.1 Å². The number of hydrogen-bond acceptors (Lipinski definition) is 4. The molecule has 2 N–H and O–H groups in total. The zero-order valence-electron chi connectivity index (χ0n) is 15.5. The lowest BCUT2D eigenvalue weighted by molar-refractivity contribution is 0.262. The molecule has 7 heteroatoms. The molecule has 144 valence electrons. The normalized spacial score (nSPS) is 13.6. The summed E-state index contributed by atoms with van der Waals surface area (Å²) in [6.45, 7) is 1.90. The van der Waals surface area contributed by atoms with E-state index in [1.54, 1.807) is 37.4 Å². The number of carbonyl (C=O) groups excluding carboxylic acids is 1. The summed E-state index contributed by atoms with van der Waals surface area (Å²) in [5, 5.41) is 6.00. The molecule has 28 heavy (non-hydrogen) atoms. The third-order valence-electron chi connectivity index (χ3n) is 4.75. The Bertz CT molecular complexity index is 1020. The summed E-state index contributed by atoms with van der Waals surface area (Å²) in [6, 6.07) is 13.3. The van der Waals surface area contributed by atoms with Gasteiger partial charge in [0.15, 0.2) is 5.82 Å². The van der Waals surface area contributed by atoms with E-state index in [2.05, 4.69) is 20.5 Å². The molecule has 0 saturated carbocycles. The molecule has 0 radical (unpaired) electrons. The van der Waals surface area contributed by atoms with Crippen LogP contribution in [-0.4, -0.2) is 31.2 Å². The zero-order chi connectivity index (χ0) is 19.5. The summed E-state index contributed by atoms with van der Waals surface area (Å²) in [7, 11) is 1.56. The molecule has 2 amide bonds. The fourth-order valence-corrected chi connectivity index (χ4v) is 3.37. The first kappa shape index (κ1) is 18.0. The van der Waals surface area contributed by atoms with Gasteiger partial charge < -0.3 is 20.3 Å². The van der Waals surface area contributed by atoms with Crippen molar-refractivity contribution in [2.75, 3.05) is 35.7 Å². The van der Waals surface area contributed by atoms with Crippen molar-refractivity contribution in [2.24, 2.45) is 0 Å². The lowest BCUT2D eigenvalue weighted by Crippen LogP contribution is -2.20. The molecule has 0 atom stereocenters. The SMILES string of the molecule is COc1cccc(NC(=O)Nc2cc(F)c3nc(N4CCCC4)ccc3c2)c1. The van der Waals surface area contributed by atoms with Crippen molar-refractivity contribution >= 4 is 34.1 Å². The molecule has 0 bridgehead atoms. The summed E-state index contributed by atoms with van der Waals surface area (Å²) in [5.41, 5.74) is 1.25.